The second-order valence-electron chi connectivity index (χ2n) is 23.0. The van der Waals surface area contributed by atoms with Gasteiger partial charge in [0.1, 0.15) is 6.10 Å². The van der Waals surface area contributed by atoms with Crippen molar-refractivity contribution in [3.8, 4) is 0 Å². The van der Waals surface area contributed by atoms with Crippen LogP contribution in [-0.4, -0.2) is 94.2 Å². The van der Waals surface area contributed by atoms with Crippen molar-refractivity contribution in [2.24, 2.45) is 0 Å². The molecule has 3 rings (SSSR count). The zero-order chi connectivity index (χ0) is 45.3. The second kappa shape index (κ2) is 26.8. The highest BCUT2D eigenvalue weighted by Crippen LogP contribution is 2.37. The largest absolute Gasteiger partial charge is 0.455 e. The van der Waals surface area contributed by atoms with Gasteiger partial charge >= 0.3 is 5.97 Å². The molecule has 3 aliphatic heterocycles. The van der Waals surface area contributed by atoms with Gasteiger partial charge < -0.3 is 31.9 Å². The van der Waals surface area contributed by atoms with Gasteiger partial charge in [-0.15, -0.1) is 0 Å². The Morgan fingerprint density at radius 2 is 0.902 bits per heavy atom. The first-order chi connectivity index (χ1) is 28.5. The number of ether oxygens (including phenoxy) is 3. The fourth-order valence-corrected chi connectivity index (χ4v) is 14.4. The van der Waals surface area contributed by atoms with Gasteiger partial charge in [0, 0.05) is 24.2 Å². The molecule has 0 aromatic carbocycles. The van der Waals surface area contributed by atoms with E-state index < -0.39 is 33.3 Å². The lowest BCUT2D eigenvalue weighted by molar-refractivity contribution is -0.139. The molecule has 0 aliphatic carbocycles. The van der Waals surface area contributed by atoms with E-state index in [9.17, 15) is 4.79 Å². The van der Waals surface area contributed by atoms with Crippen molar-refractivity contribution in [3.63, 3.8) is 0 Å². The molecule has 12 heteroatoms. The van der Waals surface area contributed by atoms with Gasteiger partial charge in [-0.05, 0) is 149 Å². The summed E-state index contributed by atoms with van der Waals surface area (Å²) in [7, 11) is -6.89. The number of unbranched alkanes of at least 4 members (excludes halogenated alkanes) is 10. The molecule has 2 fully saturated rings. The van der Waals surface area contributed by atoms with Crippen LogP contribution in [0.4, 0.5) is 0 Å². The van der Waals surface area contributed by atoms with E-state index in [1.54, 1.807) is 0 Å². The smallest absolute Gasteiger partial charge is 0.334 e. The van der Waals surface area contributed by atoms with Crippen LogP contribution in [0.2, 0.25) is 78.6 Å². The molecule has 0 spiro atoms. The van der Waals surface area contributed by atoms with Crippen molar-refractivity contribution in [1.82, 2.24) is 0 Å². The highest BCUT2D eigenvalue weighted by molar-refractivity contribution is 6.70. The average Bonchev–Trinajstić information content (AvgIpc) is 3.88. The predicted octanol–water partition coefficient (Wildman–Crippen LogP) is 14.3. The van der Waals surface area contributed by atoms with Crippen LogP contribution in [0, 0.1) is 0 Å². The summed E-state index contributed by atoms with van der Waals surface area (Å²) in [4.78, 5) is 12.3. The molecular weight excluding hydrogens is 829 g/mol. The number of rotatable bonds is 33. The molecule has 61 heavy (non-hydrogen) atoms. The summed E-state index contributed by atoms with van der Waals surface area (Å²) in [6.07, 6.45) is 29.9. The minimum absolute atomic E-state index is 0.0778. The Morgan fingerprint density at radius 1 is 0.525 bits per heavy atom. The lowest BCUT2D eigenvalue weighted by Crippen LogP contribution is -2.41. The monoisotopic (exact) mass is 927 g/mol. The molecule has 0 saturated carbocycles. The fraction of sp³-hybridized carbons (Fsp3) is 0.939. The SMILES string of the molecule is CCCCCCCCCC[C@@H](O[Si](C)(C)C)[C@H]1CC[C@@H]([C@H]2CC[C@H]([C@@H](CCCC[C@@H](CCCCC[C@H](CC3=C[C@H](C)OC3=O)O[Si](C)(C)C)O[Si](C)(C)C)O[Si](C)(C)C)O2)O1. The van der Waals surface area contributed by atoms with Crippen molar-refractivity contribution in [2.45, 2.75) is 295 Å². The van der Waals surface area contributed by atoms with E-state index in [1.807, 2.05) is 13.0 Å². The fourth-order valence-electron chi connectivity index (χ4n) is 9.63. The molecule has 3 aliphatic rings. The molecule has 8 nitrogen and oxygen atoms in total. The molecule has 0 bridgehead atoms. The summed E-state index contributed by atoms with van der Waals surface area (Å²) >= 11 is 0. The third-order valence-electron chi connectivity index (χ3n) is 12.1. The van der Waals surface area contributed by atoms with Crippen LogP contribution in [0.25, 0.3) is 0 Å². The number of esters is 1. The molecule has 0 amide bonds. The topological polar surface area (TPSA) is 81.7 Å². The Hall–Kier alpha value is -0.162. The van der Waals surface area contributed by atoms with Crippen molar-refractivity contribution >= 4 is 39.2 Å². The van der Waals surface area contributed by atoms with E-state index in [0.717, 1.165) is 95.5 Å². The Balaban J connectivity index is 1.47. The van der Waals surface area contributed by atoms with Crippen LogP contribution in [0.15, 0.2) is 11.6 Å². The third-order valence-corrected chi connectivity index (χ3v) is 16.2. The lowest BCUT2D eigenvalue weighted by atomic mass is 9.99. The van der Waals surface area contributed by atoms with Crippen molar-refractivity contribution in [3.05, 3.63) is 11.6 Å². The first kappa shape index (κ1) is 55.2. The molecule has 9 atom stereocenters. The van der Waals surface area contributed by atoms with E-state index in [2.05, 4.69) is 85.5 Å². The molecule has 0 aromatic heterocycles. The average molecular weight is 928 g/mol. The van der Waals surface area contributed by atoms with Crippen LogP contribution in [-0.2, 0) is 36.7 Å². The van der Waals surface area contributed by atoms with E-state index in [4.69, 9.17) is 31.9 Å². The quantitative estimate of drug-likeness (QED) is 0.0366. The summed E-state index contributed by atoms with van der Waals surface area (Å²) in [5.74, 6) is -0.172. The third kappa shape index (κ3) is 24.3. The number of hydrogen-bond donors (Lipinski definition) is 0. The van der Waals surface area contributed by atoms with Crippen LogP contribution in [0.1, 0.15) is 162 Å². The van der Waals surface area contributed by atoms with E-state index in [1.165, 1.54) is 51.4 Å². The Labute approximate surface area is 381 Å². The Kier molecular flexibility index (Phi) is 24.3. The van der Waals surface area contributed by atoms with E-state index >= 15 is 0 Å². The summed E-state index contributed by atoms with van der Waals surface area (Å²) < 4.78 is 46.3. The second-order valence-corrected chi connectivity index (χ2v) is 40.9. The molecule has 0 aromatic rings. The van der Waals surface area contributed by atoms with Crippen LogP contribution in [0.3, 0.4) is 0 Å². The standard InChI is InChI=1S/C49H98O8Si4/c1-15-16-17-18-19-20-21-25-31-47(56-60(9,10)11)45-35-33-43(52-45)44-34-36-46(53-44)48(57-61(12,13)14)32-27-26-29-41(54-58(3,4)5)28-23-22-24-30-42(55-59(6,7)8)38-40-37-39(2)51-49(40)50/h37,39,41-48H,15-36,38H2,1-14H3/t39-,41+,42+,43-,44+,45+,46+,47+,48+/m0/s1. The zero-order valence-corrected chi connectivity index (χ0v) is 46.3. The summed E-state index contributed by atoms with van der Waals surface area (Å²) in [5.41, 5.74) is 0.786. The maximum absolute atomic E-state index is 12.3. The lowest BCUT2D eigenvalue weighted by Gasteiger charge is -2.32. The van der Waals surface area contributed by atoms with Gasteiger partial charge in [0.05, 0.1) is 36.6 Å². The molecule has 3 heterocycles. The van der Waals surface area contributed by atoms with Crippen LogP contribution >= 0.6 is 0 Å². The molecule has 0 radical (unpaired) electrons. The Morgan fingerprint density at radius 3 is 1.34 bits per heavy atom. The summed E-state index contributed by atoms with van der Waals surface area (Å²) in [6.45, 7) is 31.8. The molecule has 358 valence electrons. The number of carbonyl (C=O) groups is 1. The first-order valence-corrected chi connectivity index (χ1v) is 39.1. The Bertz CT molecular complexity index is 1250. The zero-order valence-electron chi connectivity index (χ0n) is 42.3. The minimum atomic E-state index is -1.77. The van der Waals surface area contributed by atoms with Gasteiger partial charge in [0.25, 0.3) is 0 Å². The van der Waals surface area contributed by atoms with Crippen molar-refractivity contribution in [1.29, 1.82) is 0 Å². The summed E-state index contributed by atoms with van der Waals surface area (Å²) in [5, 5.41) is 0. The van der Waals surface area contributed by atoms with Crippen molar-refractivity contribution < 1.29 is 36.7 Å². The van der Waals surface area contributed by atoms with E-state index in [-0.39, 0.29) is 54.8 Å². The van der Waals surface area contributed by atoms with Gasteiger partial charge in [-0.3, -0.25) is 0 Å². The normalized spacial score (nSPS) is 24.9. The predicted molar refractivity (Wildman–Crippen MR) is 266 cm³/mol. The summed E-state index contributed by atoms with van der Waals surface area (Å²) in [6, 6.07) is 0. The van der Waals surface area contributed by atoms with E-state index in [0.29, 0.717) is 12.5 Å². The van der Waals surface area contributed by atoms with Crippen LogP contribution in [0.5, 0.6) is 0 Å². The first-order valence-electron chi connectivity index (χ1n) is 25.4. The van der Waals surface area contributed by atoms with Gasteiger partial charge in [-0.1, -0.05) is 90.4 Å². The van der Waals surface area contributed by atoms with Gasteiger partial charge in [-0.2, -0.15) is 0 Å². The van der Waals surface area contributed by atoms with Crippen molar-refractivity contribution in [2.75, 3.05) is 0 Å². The molecular formula is C49H98O8Si4. The maximum atomic E-state index is 12.3. The number of carbonyl (C=O) groups excluding carboxylic acids is 1. The van der Waals surface area contributed by atoms with Gasteiger partial charge in [-0.25, -0.2) is 4.79 Å². The van der Waals surface area contributed by atoms with Gasteiger partial charge in [0.2, 0.25) is 0 Å². The minimum Gasteiger partial charge on any atom is -0.455 e. The number of hydrogen-bond acceptors (Lipinski definition) is 8. The molecule has 0 N–H and O–H groups in total. The highest BCUT2D eigenvalue weighted by atomic mass is 28.4. The number of cyclic esters (lactones) is 1. The molecule has 0 unspecified atom stereocenters. The maximum Gasteiger partial charge on any atom is 0.334 e. The van der Waals surface area contributed by atoms with Crippen LogP contribution < -0.4 is 0 Å². The highest BCUT2D eigenvalue weighted by Gasteiger charge is 2.43. The molecule has 2 saturated heterocycles. The van der Waals surface area contributed by atoms with Gasteiger partial charge in [0.15, 0.2) is 33.3 Å².